The summed E-state index contributed by atoms with van der Waals surface area (Å²) in [4.78, 5) is 0. The maximum atomic E-state index is 6.17. The average Bonchev–Trinajstić information content (AvgIpc) is 2.61. The number of rotatable bonds is 2. The minimum absolute atomic E-state index is 0.759. The normalized spacial score (nSPS) is 10.8. The molecule has 0 radical (unpaired) electrons. The lowest BCUT2D eigenvalue weighted by atomic mass is 10.2. The summed E-state index contributed by atoms with van der Waals surface area (Å²) in [5.41, 5.74) is 1.23. The summed E-state index contributed by atoms with van der Waals surface area (Å²) in [6, 6.07) is 3.86. The highest BCUT2D eigenvalue weighted by Gasteiger charge is 2.08. The molecule has 0 aliphatic rings. The van der Waals surface area contributed by atoms with Gasteiger partial charge in [0.2, 0.25) is 0 Å². The highest BCUT2D eigenvalue weighted by atomic mass is 79.9. The van der Waals surface area contributed by atoms with Gasteiger partial charge < -0.3 is 4.74 Å². The number of ether oxygens (including phenoxy) is 1. The Hall–Kier alpha value is -0.250. The Morgan fingerprint density at radius 1 is 1.50 bits per heavy atom. The first-order valence-corrected chi connectivity index (χ1v) is 6.43. The van der Waals surface area contributed by atoms with E-state index in [2.05, 4.69) is 21.3 Å². The number of hydrogen-bond donors (Lipinski definition) is 0. The van der Waals surface area contributed by atoms with Gasteiger partial charge in [-0.05, 0) is 23.1 Å². The number of methoxy groups -OCH3 is 1. The highest BCUT2D eigenvalue weighted by Crippen LogP contribution is 2.36. The predicted octanol–water partition coefficient (Wildman–Crippen LogP) is 4.46. The molecule has 0 amide bonds. The van der Waals surface area contributed by atoms with E-state index in [9.17, 15) is 0 Å². The van der Waals surface area contributed by atoms with Gasteiger partial charge in [0.25, 0.3) is 0 Å². The van der Waals surface area contributed by atoms with Crippen molar-refractivity contribution in [2.75, 3.05) is 7.11 Å². The van der Waals surface area contributed by atoms with Gasteiger partial charge in [-0.25, -0.2) is 0 Å². The van der Waals surface area contributed by atoms with Crippen molar-refractivity contribution in [3.05, 3.63) is 28.1 Å². The van der Waals surface area contributed by atoms with Crippen LogP contribution in [-0.2, 0) is 5.33 Å². The molecule has 0 saturated heterocycles. The van der Waals surface area contributed by atoms with Crippen molar-refractivity contribution >= 4 is 49.0 Å². The van der Waals surface area contributed by atoms with Gasteiger partial charge in [-0.2, -0.15) is 0 Å². The van der Waals surface area contributed by atoms with Gasteiger partial charge in [0.05, 0.1) is 12.1 Å². The molecule has 0 atom stereocenters. The summed E-state index contributed by atoms with van der Waals surface area (Å²) in [5.74, 6) is 0.811. The summed E-state index contributed by atoms with van der Waals surface area (Å²) in [5, 5.41) is 4.84. The summed E-state index contributed by atoms with van der Waals surface area (Å²) in [6.45, 7) is 0. The number of thiophene rings is 1. The van der Waals surface area contributed by atoms with Gasteiger partial charge in [0, 0.05) is 15.4 Å². The minimum atomic E-state index is 0.759. The molecule has 14 heavy (non-hydrogen) atoms. The number of alkyl halides is 1. The van der Waals surface area contributed by atoms with Crippen molar-refractivity contribution < 1.29 is 4.74 Å². The maximum Gasteiger partial charge on any atom is 0.121 e. The number of fused-ring (bicyclic) bond motifs is 1. The van der Waals surface area contributed by atoms with Gasteiger partial charge in [0.15, 0.2) is 0 Å². The molecular weight excluding hydrogens is 284 g/mol. The Bertz CT molecular complexity index is 466. The van der Waals surface area contributed by atoms with Gasteiger partial charge in [-0.1, -0.05) is 27.5 Å². The number of hydrogen-bond acceptors (Lipinski definition) is 2. The van der Waals surface area contributed by atoms with Crippen LogP contribution in [0.3, 0.4) is 0 Å². The fourth-order valence-corrected chi connectivity index (χ4v) is 3.43. The lowest BCUT2D eigenvalue weighted by Gasteiger charge is -2.02. The van der Waals surface area contributed by atoms with Crippen LogP contribution in [0.4, 0.5) is 0 Å². The van der Waals surface area contributed by atoms with E-state index in [0.29, 0.717) is 0 Å². The van der Waals surface area contributed by atoms with Crippen LogP contribution in [0.5, 0.6) is 5.75 Å². The molecule has 0 unspecified atom stereocenters. The lowest BCUT2D eigenvalue weighted by Crippen LogP contribution is -1.82. The van der Waals surface area contributed by atoms with Crippen LogP contribution in [0, 0.1) is 0 Å². The first-order valence-electron chi connectivity index (χ1n) is 4.06. The topological polar surface area (TPSA) is 9.23 Å². The van der Waals surface area contributed by atoms with E-state index in [-0.39, 0.29) is 0 Å². The third-order valence-corrected chi connectivity index (χ3v) is 3.94. The van der Waals surface area contributed by atoms with Crippen LogP contribution < -0.4 is 4.74 Å². The van der Waals surface area contributed by atoms with Crippen LogP contribution in [0.15, 0.2) is 17.5 Å². The van der Waals surface area contributed by atoms with Crippen LogP contribution in [0.25, 0.3) is 10.1 Å². The van der Waals surface area contributed by atoms with Gasteiger partial charge in [-0.15, -0.1) is 11.3 Å². The third kappa shape index (κ3) is 1.64. The van der Waals surface area contributed by atoms with E-state index >= 15 is 0 Å². The van der Waals surface area contributed by atoms with E-state index in [1.54, 1.807) is 18.4 Å². The Morgan fingerprint density at radius 3 is 2.93 bits per heavy atom. The van der Waals surface area contributed by atoms with Crippen LogP contribution >= 0.6 is 38.9 Å². The van der Waals surface area contributed by atoms with Crippen molar-refractivity contribution in [1.82, 2.24) is 0 Å². The molecular formula is C10H8BrClOS. The third-order valence-electron chi connectivity index (χ3n) is 2.06. The Morgan fingerprint density at radius 2 is 2.29 bits per heavy atom. The molecule has 0 bridgehead atoms. The maximum absolute atomic E-state index is 6.17. The first-order chi connectivity index (χ1) is 6.76. The molecule has 4 heteroatoms. The molecule has 0 aliphatic carbocycles. The highest BCUT2D eigenvalue weighted by molar-refractivity contribution is 9.08. The SMILES string of the molecule is COc1cc(Cl)c2c(CBr)csc2c1. The summed E-state index contributed by atoms with van der Waals surface area (Å²) in [6.07, 6.45) is 0. The number of halogens is 2. The Balaban J connectivity index is 2.72. The smallest absolute Gasteiger partial charge is 0.121 e. The molecule has 1 nitrogen and oxygen atoms in total. The zero-order valence-electron chi connectivity index (χ0n) is 7.51. The molecule has 1 aromatic carbocycles. The standard InChI is InChI=1S/C10H8BrClOS/c1-13-7-2-8(12)10-6(4-11)5-14-9(10)3-7/h2-3,5H,4H2,1H3. The van der Waals surface area contributed by atoms with Crippen molar-refractivity contribution in [1.29, 1.82) is 0 Å². The Labute approximate surface area is 99.8 Å². The zero-order chi connectivity index (χ0) is 10.1. The van der Waals surface area contributed by atoms with Crippen molar-refractivity contribution in [3.63, 3.8) is 0 Å². The number of benzene rings is 1. The average molecular weight is 292 g/mol. The second kappa shape index (κ2) is 4.09. The second-order valence-corrected chi connectivity index (χ2v) is 4.76. The molecule has 0 spiro atoms. The van der Waals surface area contributed by atoms with Crippen molar-refractivity contribution in [3.8, 4) is 5.75 Å². The van der Waals surface area contributed by atoms with Gasteiger partial charge >= 0.3 is 0 Å². The summed E-state index contributed by atoms with van der Waals surface area (Å²) < 4.78 is 6.33. The van der Waals surface area contributed by atoms with E-state index in [0.717, 1.165) is 21.5 Å². The summed E-state index contributed by atoms with van der Waals surface area (Å²) >= 11 is 11.3. The van der Waals surface area contributed by atoms with Crippen LogP contribution in [0.1, 0.15) is 5.56 Å². The van der Waals surface area contributed by atoms with E-state index in [1.807, 2.05) is 12.1 Å². The molecule has 2 aromatic rings. The summed E-state index contributed by atoms with van der Waals surface area (Å²) in [7, 11) is 1.65. The molecule has 0 saturated carbocycles. The zero-order valence-corrected chi connectivity index (χ0v) is 10.7. The molecule has 2 rings (SSSR count). The van der Waals surface area contributed by atoms with Crippen LogP contribution in [-0.4, -0.2) is 7.11 Å². The first kappa shape index (κ1) is 10.3. The second-order valence-electron chi connectivity index (χ2n) is 2.88. The molecule has 1 aromatic heterocycles. The van der Waals surface area contributed by atoms with Crippen LogP contribution in [0.2, 0.25) is 5.02 Å². The minimum Gasteiger partial charge on any atom is -0.497 e. The Kier molecular flexibility index (Phi) is 3.00. The fraction of sp³-hybridized carbons (Fsp3) is 0.200. The van der Waals surface area contributed by atoms with E-state index < -0.39 is 0 Å². The molecule has 74 valence electrons. The van der Waals surface area contributed by atoms with Gasteiger partial charge in [-0.3, -0.25) is 0 Å². The van der Waals surface area contributed by atoms with E-state index in [4.69, 9.17) is 16.3 Å². The molecule has 0 N–H and O–H groups in total. The monoisotopic (exact) mass is 290 g/mol. The predicted molar refractivity (Wildman–Crippen MR) is 66.0 cm³/mol. The molecule has 0 aliphatic heterocycles. The fourth-order valence-electron chi connectivity index (χ4n) is 1.37. The largest absolute Gasteiger partial charge is 0.497 e. The molecule has 1 heterocycles. The van der Waals surface area contributed by atoms with E-state index in [1.165, 1.54) is 10.3 Å². The quantitative estimate of drug-likeness (QED) is 0.742. The van der Waals surface area contributed by atoms with Crippen molar-refractivity contribution in [2.45, 2.75) is 5.33 Å². The lowest BCUT2D eigenvalue weighted by molar-refractivity contribution is 0.415. The van der Waals surface area contributed by atoms with Crippen molar-refractivity contribution in [2.24, 2.45) is 0 Å². The van der Waals surface area contributed by atoms with Gasteiger partial charge in [0.1, 0.15) is 5.75 Å². The molecule has 0 fully saturated rings.